The summed E-state index contributed by atoms with van der Waals surface area (Å²) in [5.41, 5.74) is 2.90. The van der Waals surface area contributed by atoms with Gasteiger partial charge in [0.1, 0.15) is 0 Å². The predicted molar refractivity (Wildman–Crippen MR) is 113 cm³/mol. The summed E-state index contributed by atoms with van der Waals surface area (Å²) in [4.78, 5) is 17.0. The number of carbonyl (C=O) groups is 1. The third-order valence-electron chi connectivity index (χ3n) is 5.27. The molecule has 0 saturated carbocycles. The van der Waals surface area contributed by atoms with E-state index >= 15 is 0 Å². The zero-order valence-corrected chi connectivity index (χ0v) is 17.0. The summed E-state index contributed by atoms with van der Waals surface area (Å²) in [6.45, 7) is 3.62. The lowest BCUT2D eigenvalue weighted by atomic mass is 10.0. The summed E-state index contributed by atoms with van der Waals surface area (Å²) in [6, 6.07) is 3.00. The summed E-state index contributed by atoms with van der Waals surface area (Å²) in [5.74, 6) is -0.439. The lowest BCUT2D eigenvalue weighted by Crippen LogP contribution is -2.43. The molecule has 156 valence electrons. The molecule has 0 aromatic heterocycles. The van der Waals surface area contributed by atoms with Crippen molar-refractivity contribution in [3.63, 3.8) is 0 Å². The summed E-state index contributed by atoms with van der Waals surface area (Å²) < 4.78 is 24.8. The quantitative estimate of drug-likeness (QED) is 0.829. The number of rotatable bonds is 4. The van der Waals surface area contributed by atoms with Crippen LogP contribution in [0.15, 0.2) is 66.2 Å². The van der Waals surface area contributed by atoms with Gasteiger partial charge in [-0.25, -0.2) is 4.39 Å². The van der Waals surface area contributed by atoms with E-state index in [-0.39, 0.29) is 17.4 Å². The fourth-order valence-electron chi connectivity index (χ4n) is 3.70. The Balaban J connectivity index is 1.68. The number of halogens is 1. The van der Waals surface area contributed by atoms with Gasteiger partial charge in [0.15, 0.2) is 17.3 Å². The fraction of sp³-hybridized carbons (Fsp3) is 0.261. The van der Waals surface area contributed by atoms with E-state index in [9.17, 15) is 9.18 Å². The first-order valence-electron chi connectivity index (χ1n) is 9.81. The second-order valence-electron chi connectivity index (χ2n) is 7.08. The zero-order chi connectivity index (χ0) is 21.1. The number of nitrogens with one attached hydrogen (secondary N) is 1. The molecule has 6 nitrogen and oxygen atoms in total. The van der Waals surface area contributed by atoms with Crippen LogP contribution >= 0.6 is 0 Å². The summed E-state index contributed by atoms with van der Waals surface area (Å²) >= 11 is 0. The van der Waals surface area contributed by atoms with Gasteiger partial charge in [-0.15, -0.1) is 0 Å². The smallest absolute Gasteiger partial charge is 0.255 e. The van der Waals surface area contributed by atoms with E-state index < -0.39 is 5.82 Å². The van der Waals surface area contributed by atoms with Crippen LogP contribution in [0.4, 0.5) is 4.39 Å². The maximum atomic E-state index is 14.5. The van der Waals surface area contributed by atoms with E-state index in [1.54, 1.807) is 17.0 Å². The zero-order valence-electron chi connectivity index (χ0n) is 17.0. The van der Waals surface area contributed by atoms with Gasteiger partial charge < -0.3 is 19.7 Å². The van der Waals surface area contributed by atoms with E-state index in [2.05, 4.69) is 10.2 Å². The predicted octanol–water partition coefficient (Wildman–Crippen LogP) is 2.83. The molecule has 0 spiro atoms. The summed E-state index contributed by atoms with van der Waals surface area (Å²) in [7, 11) is 2.84. The van der Waals surface area contributed by atoms with Gasteiger partial charge >= 0.3 is 0 Å². The lowest BCUT2D eigenvalue weighted by Gasteiger charge is -2.33. The van der Waals surface area contributed by atoms with Gasteiger partial charge in [-0.2, -0.15) is 0 Å². The number of hydrogen-bond donors (Lipinski definition) is 1. The number of allylic oxidation sites excluding steroid dienone is 6. The van der Waals surface area contributed by atoms with Crippen LogP contribution in [-0.4, -0.2) is 56.1 Å². The number of piperazine rings is 1. The minimum atomic E-state index is -0.548. The Kier molecular flexibility index (Phi) is 5.72. The van der Waals surface area contributed by atoms with Crippen molar-refractivity contribution in [2.45, 2.75) is 0 Å². The molecule has 1 aromatic carbocycles. The number of benzene rings is 1. The monoisotopic (exact) mass is 409 g/mol. The summed E-state index contributed by atoms with van der Waals surface area (Å²) in [5, 5.41) is 3.33. The minimum absolute atomic E-state index is 0.0370. The Labute approximate surface area is 175 Å². The molecule has 1 N–H and O–H groups in total. The van der Waals surface area contributed by atoms with E-state index in [0.29, 0.717) is 11.1 Å². The molecular formula is C23H24FN3O3. The highest BCUT2D eigenvalue weighted by molar-refractivity contribution is 6.00. The van der Waals surface area contributed by atoms with Crippen LogP contribution in [0.2, 0.25) is 0 Å². The fourth-order valence-corrected chi connectivity index (χ4v) is 3.70. The Morgan fingerprint density at radius 1 is 1.03 bits per heavy atom. The van der Waals surface area contributed by atoms with Crippen LogP contribution in [0, 0.1) is 5.82 Å². The number of methoxy groups -OCH3 is 2. The van der Waals surface area contributed by atoms with Gasteiger partial charge in [0, 0.05) is 44.2 Å². The highest BCUT2D eigenvalue weighted by Crippen LogP contribution is 2.34. The first-order valence-corrected chi connectivity index (χ1v) is 9.81. The first kappa shape index (κ1) is 20.0. The molecule has 7 heteroatoms. The van der Waals surface area contributed by atoms with Crippen molar-refractivity contribution < 1.29 is 18.7 Å². The molecule has 3 aliphatic heterocycles. The molecule has 3 aliphatic rings. The molecule has 0 unspecified atom stereocenters. The van der Waals surface area contributed by atoms with Gasteiger partial charge in [-0.3, -0.25) is 9.69 Å². The van der Waals surface area contributed by atoms with Crippen molar-refractivity contribution in [3.05, 3.63) is 77.6 Å². The summed E-state index contributed by atoms with van der Waals surface area (Å²) in [6.07, 6.45) is 12.8. The standard InChI is InChI=1S/C23H24FN3O3/c1-29-21-13-17(12-20(24)23(21)30-2)16-4-3-5-18-6-7-19(15-27(18)22(28)14-16)26-10-8-25-9-11-26/h3-7,12-15,25H,8-11H2,1-2H3/b4-3?,16-14?,18-5+. The van der Waals surface area contributed by atoms with Crippen LogP contribution in [0.1, 0.15) is 5.56 Å². The van der Waals surface area contributed by atoms with E-state index in [4.69, 9.17) is 9.47 Å². The highest BCUT2D eigenvalue weighted by atomic mass is 19.1. The van der Waals surface area contributed by atoms with E-state index in [0.717, 1.165) is 37.6 Å². The van der Waals surface area contributed by atoms with Crippen LogP contribution in [-0.2, 0) is 4.79 Å². The maximum absolute atomic E-state index is 14.5. The Hall–Kier alpha value is -3.32. The second-order valence-corrected chi connectivity index (χ2v) is 7.08. The van der Waals surface area contributed by atoms with Gasteiger partial charge in [-0.1, -0.05) is 12.2 Å². The van der Waals surface area contributed by atoms with Crippen LogP contribution < -0.4 is 14.8 Å². The molecule has 3 heterocycles. The number of carbonyl (C=O) groups excluding carboxylic acids is 1. The average molecular weight is 409 g/mol. The van der Waals surface area contributed by atoms with Gasteiger partial charge in [0.25, 0.3) is 5.91 Å². The highest BCUT2D eigenvalue weighted by Gasteiger charge is 2.22. The molecule has 1 amide bonds. The average Bonchev–Trinajstić information content (AvgIpc) is 2.77. The third-order valence-corrected chi connectivity index (χ3v) is 5.27. The van der Waals surface area contributed by atoms with Crippen molar-refractivity contribution in [2.75, 3.05) is 40.4 Å². The normalized spacial score (nSPS) is 20.5. The SMILES string of the molecule is COc1cc(C2=CC(=O)N3C=C(N4CCNCC4)C=C/C3=C\C=C2)cc(F)c1OC. The lowest BCUT2D eigenvalue weighted by molar-refractivity contribution is -0.122. The van der Waals surface area contributed by atoms with Crippen LogP contribution in [0.3, 0.4) is 0 Å². The molecule has 4 rings (SSSR count). The van der Waals surface area contributed by atoms with Crippen molar-refractivity contribution in [1.29, 1.82) is 0 Å². The van der Waals surface area contributed by atoms with Crippen molar-refractivity contribution in [3.8, 4) is 11.5 Å². The molecule has 0 aliphatic carbocycles. The van der Waals surface area contributed by atoms with Gasteiger partial charge in [0.05, 0.1) is 19.9 Å². The molecule has 0 bridgehead atoms. The Morgan fingerprint density at radius 3 is 2.53 bits per heavy atom. The second kappa shape index (κ2) is 8.59. The number of fused-ring (bicyclic) bond motifs is 1. The minimum Gasteiger partial charge on any atom is -0.493 e. The van der Waals surface area contributed by atoms with Gasteiger partial charge in [-0.05, 0) is 41.5 Å². The number of amides is 1. The third kappa shape index (κ3) is 3.89. The first-order chi connectivity index (χ1) is 14.6. The molecule has 0 atom stereocenters. The van der Waals surface area contributed by atoms with E-state index in [1.165, 1.54) is 26.4 Å². The van der Waals surface area contributed by atoms with E-state index in [1.807, 2.05) is 30.5 Å². The van der Waals surface area contributed by atoms with Crippen molar-refractivity contribution in [1.82, 2.24) is 15.1 Å². The molecular weight excluding hydrogens is 385 g/mol. The molecule has 1 saturated heterocycles. The van der Waals surface area contributed by atoms with Gasteiger partial charge in [0.2, 0.25) is 0 Å². The van der Waals surface area contributed by atoms with Crippen LogP contribution in [0.25, 0.3) is 5.57 Å². The van der Waals surface area contributed by atoms with Crippen molar-refractivity contribution >= 4 is 11.5 Å². The number of hydrogen-bond acceptors (Lipinski definition) is 5. The number of ether oxygens (including phenoxy) is 2. The molecule has 0 radical (unpaired) electrons. The molecule has 1 fully saturated rings. The topological polar surface area (TPSA) is 54.0 Å². The van der Waals surface area contributed by atoms with Crippen LogP contribution in [0.5, 0.6) is 11.5 Å². The Bertz CT molecular complexity index is 1000. The maximum Gasteiger partial charge on any atom is 0.255 e. The van der Waals surface area contributed by atoms with Crippen molar-refractivity contribution in [2.24, 2.45) is 0 Å². The molecule has 1 aromatic rings. The number of nitrogens with zero attached hydrogens (tertiary/aromatic N) is 2. The molecule has 30 heavy (non-hydrogen) atoms. The largest absolute Gasteiger partial charge is 0.493 e. The Morgan fingerprint density at radius 2 is 1.80 bits per heavy atom.